The molecular weight excluding hydrogens is 283 g/mol. The van der Waals surface area contributed by atoms with Gasteiger partial charge in [-0.15, -0.1) is 0 Å². The topological polar surface area (TPSA) is 56.5 Å². The van der Waals surface area contributed by atoms with Gasteiger partial charge in [-0.2, -0.15) is 5.26 Å². The number of ether oxygens (including phenoxy) is 1. The highest BCUT2D eigenvalue weighted by Crippen LogP contribution is 2.34. The van der Waals surface area contributed by atoms with E-state index in [4.69, 9.17) is 4.74 Å². The molecule has 0 bridgehead atoms. The first-order valence-electron chi connectivity index (χ1n) is 7.01. The summed E-state index contributed by atoms with van der Waals surface area (Å²) in [7, 11) is 0. The van der Waals surface area contributed by atoms with Gasteiger partial charge in [0.15, 0.2) is 0 Å². The highest BCUT2D eigenvalue weighted by Gasteiger charge is 2.25. The van der Waals surface area contributed by atoms with Crippen LogP contribution in [0.25, 0.3) is 0 Å². The van der Waals surface area contributed by atoms with Gasteiger partial charge in [0.05, 0.1) is 30.5 Å². The maximum atomic E-state index is 13.5. The molecule has 0 aromatic heterocycles. The maximum absolute atomic E-state index is 13.5. The molecule has 0 fully saturated rings. The lowest BCUT2D eigenvalue weighted by molar-refractivity contribution is 0.112. The predicted molar refractivity (Wildman–Crippen MR) is 80.1 cm³/mol. The molecule has 1 N–H and O–H groups in total. The molecular formula is C17H15FN2O2. The monoisotopic (exact) mass is 298 g/mol. The first kappa shape index (κ1) is 14.4. The minimum absolute atomic E-state index is 0.0981. The molecule has 1 aliphatic heterocycles. The van der Waals surface area contributed by atoms with Gasteiger partial charge >= 0.3 is 0 Å². The van der Waals surface area contributed by atoms with E-state index in [1.807, 2.05) is 29.2 Å². The Hall–Kier alpha value is -2.58. The van der Waals surface area contributed by atoms with Crippen molar-refractivity contribution in [3.05, 3.63) is 59.4 Å². The summed E-state index contributed by atoms with van der Waals surface area (Å²) in [5.41, 5.74) is 1.95. The second-order valence-electron chi connectivity index (χ2n) is 5.18. The van der Waals surface area contributed by atoms with Crippen molar-refractivity contribution in [3.8, 4) is 11.8 Å². The Kier molecular flexibility index (Phi) is 3.94. The smallest absolute Gasteiger partial charge is 0.143 e. The Morgan fingerprint density at radius 3 is 2.91 bits per heavy atom. The molecule has 5 heteroatoms. The molecule has 0 saturated heterocycles. The molecule has 2 aromatic carbocycles. The zero-order valence-corrected chi connectivity index (χ0v) is 11.9. The van der Waals surface area contributed by atoms with Gasteiger partial charge in [0.25, 0.3) is 0 Å². The highest BCUT2D eigenvalue weighted by atomic mass is 19.1. The molecule has 1 atom stereocenters. The Labute approximate surface area is 128 Å². The summed E-state index contributed by atoms with van der Waals surface area (Å²) in [6, 6.07) is 13.7. The molecule has 0 amide bonds. The standard InChI is InChI=1S/C17H15FN2O2/c18-14-6-5-12(8-19)13(7-14)9-20-10-15(11-21)22-17-4-2-1-3-16(17)20/h1-7,15,21H,9-11H2. The van der Waals surface area contributed by atoms with Crippen LogP contribution < -0.4 is 9.64 Å². The number of nitrogens with zero attached hydrogens (tertiary/aromatic N) is 2. The van der Waals surface area contributed by atoms with Crippen LogP contribution in [0.5, 0.6) is 5.75 Å². The highest BCUT2D eigenvalue weighted by molar-refractivity contribution is 5.60. The van der Waals surface area contributed by atoms with Crippen LogP contribution in [0.15, 0.2) is 42.5 Å². The van der Waals surface area contributed by atoms with Gasteiger partial charge in [0, 0.05) is 6.54 Å². The van der Waals surface area contributed by atoms with Crippen molar-refractivity contribution >= 4 is 5.69 Å². The van der Waals surface area contributed by atoms with Crippen molar-refractivity contribution in [2.45, 2.75) is 12.6 Å². The maximum Gasteiger partial charge on any atom is 0.143 e. The molecule has 22 heavy (non-hydrogen) atoms. The van der Waals surface area contributed by atoms with Crippen LogP contribution in [0, 0.1) is 17.1 Å². The lowest BCUT2D eigenvalue weighted by atomic mass is 10.1. The van der Waals surface area contributed by atoms with E-state index in [-0.39, 0.29) is 18.5 Å². The van der Waals surface area contributed by atoms with Crippen molar-refractivity contribution in [1.82, 2.24) is 0 Å². The molecule has 0 saturated carbocycles. The molecule has 0 spiro atoms. The Morgan fingerprint density at radius 2 is 2.14 bits per heavy atom. The molecule has 4 nitrogen and oxygen atoms in total. The number of benzene rings is 2. The molecule has 0 aliphatic carbocycles. The van der Waals surface area contributed by atoms with E-state index in [1.165, 1.54) is 18.2 Å². The third kappa shape index (κ3) is 2.74. The summed E-state index contributed by atoms with van der Waals surface area (Å²) in [4.78, 5) is 2.00. The second-order valence-corrected chi connectivity index (χ2v) is 5.18. The first-order chi connectivity index (χ1) is 10.7. The van der Waals surface area contributed by atoms with Gasteiger partial charge in [0.1, 0.15) is 17.7 Å². The number of rotatable bonds is 3. The van der Waals surface area contributed by atoms with Gasteiger partial charge in [-0.3, -0.25) is 0 Å². The van der Waals surface area contributed by atoms with E-state index in [0.717, 1.165) is 5.69 Å². The minimum atomic E-state index is -0.366. The fourth-order valence-corrected chi connectivity index (χ4v) is 2.63. The summed E-state index contributed by atoms with van der Waals surface area (Å²) in [5, 5.41) is 18.6. The van der Waals surface area contributed by atoms with E-state index < -0.39 is 0 Å². The van der Waals surface area contributed by atoms with E-state index in [0.29, 0.717) is 30.0 Å². The molecule has 3 rings (SSSR count). The lowest BCUT2D eigenvalue weighted by Gasteiger charge is -2.35. The predicted octanol–water partition coefficient (Wildman–Crippen LogP) is 2.46. The van der Waals surface area contributed by atoms with E-state index in [9.17, 15) is 14.8 Å². The molecule has 1 unspecified atom stereocenters. The van der Waals surface area contributed by atoms with Gasteiger partial charge in [-0.05, 0) is 35.9 Å². The van der Waals surface area contributed by atoms with E-state index in [1.54, 1.807) is 0 Å². The van der Waals surface area contributed by atoms with Gasteiger partial charge in [-0.25, -0.2) is 4.39 Å². The average molecular weight is 298 g/mol. The summed E-state index contributed by atoms with van der Waals surface area (Å²) in [5.74, 6) is 0.317. The number of hydrogen-bond acceptors (Lipinski definition) is 4. The molecule has 2 aromatic rings. The SMILES string of the molecule is N#Cc1ccc(F)cc1CN1CC(CO)Oc2ccccc21. The minimum Gasteiger partial charge on any atom is -0.484 e. The Balaban J connectivity index is 1.95. The Bertz CT molecular complexity index is 727. The lowest BCUT2D eigenvalue weighted by Crippen LogP contribution is -2.41. The average Bonchev–Trinajstić information content (AvgIpc) is 2.55. The second kappa shape index (κ2) is 6.04. The number of nitriles is 1. The molecule has 0 radical (unpaired) electrons. The number of hydrogen-bond donors (Lipinski definition) is 1. The van der Waals surface area contributed by atoms with Gasteiger partial charge < -0.3 is 14.7 Å². The molecule has 1 aliphatic rings. The van der Waals surface area contributed by atoms with E-state index >= 15 is 0 Å². The third-order valence-corrected chi connectivity index (χ3v) is 3.68. The zero-order valence-electron chi connectivity index (χ0n) is 11.9. The zero-order chi connectivity index (χ0) is 15.5. The number of fused-ring (bicyclic) bond motifs is 1. The van der Waals surface area contributed by atoms with Gasteiger partial charge in [-0.1, -0.05) is 12.1 Å². The number of aliphatic hydroxyl groups is 1. The van der Waals surface area contributed by atoms with Crippen LogP contribution in [0.1, 0.15) is 11.1 Å². The summed E-state index contributed by atoms with van der Waals surface area (Å²) >= 11 is 0. The van der Waals surface area contributed by atoms with Crippen LogP contribution in [0.3, 0.4) is 0 Å². The molecule has 112 valence electrons. The number of anilines is 1. The largest absolute Gasteiger partial charge is 0.484 e. The summed E-state index contributed by atoms with van der Waals surface area (Å²) in [6.07, 6.45) is -0.339. The van der Waals surface area contributed by atoms with Crippen molar-refractivity contribution in [1.29, 1.82) is 5.26 Å². The third-order valence-electron chi connectivity index (χ3n) is 3.68. The van der Waals surface area contributed by atoms with Crippen LogP contribution in [-0.2, 0) is 6.54 Å². The number of aliphatic hydroxyl groups excluding tert-OH is 1. The summed E-state index contributed by atoms with van der Waals surface area (Å²) < 4.78 is 19.2. The van der Waals surface area contributed by atoms with E-state index in [2.05, 4.69) is 6.07 Å². The quantitative estimate of drug-likeness (QED) is 0.945. The van der Waals surface area contributed by atoms with Crippen LogP contribution in [0.2, 0.25) is 0 Å². The van der Waals surface area contributed by atoms with Crippen molar-refractivity contribution in [2.24, 2.45) is 0 Å². The fraction of sp³-hybridized carbons (Fsp3) is 0.235. The summed E-state index contributed by atoms with van der Waals surface area (Å²) in [6.45, 7) is 0.769. The van der Waals surface area contributed by atoms with Crippen molar-refractivity contribution in [3.63, 3.8) is 0 Å². The normalized spacial score (nSPS) is 16.6. The van der Waals surface area contributed by atoms with Crippen LogP contribution in [0.4, 0.5) is 10.1 Å². The van der Waals surface area contributed by atoms with Crippen LogP contribution >= 0.6 is 0 Å². The van der Waals surface area contributed by atoms with Crippen molar-refractivity contribution < 1.29 is 14.2 Å². The molecule has 1 heterocycles. The fourth-order valence-electron chi connectivity index (χ4n) is 2.63. The number of para-hydroxylation sites is 2. The van der Waals surface area contributed by atoms with Crippen LogP contribution in [-0.4, -0.2) is 24.4 Å². The first-order valence-corrected chi connectivity index (χ1v) is 7.01. The van der Waals surface area contributed by atoms with Crippen molar-refractivity contribution in [2.75, 3.05) is 18.1 Å². The number of halogens is 1. The van der Waals surface area contributed by atoms with Gasteiger partial charge in [0.2, 0.25) is 0 Å². The Morgan fingerprint density at radius 1 is 1.32 bits per heavy atom.